The van der Waals surface area contributed by atoms with Crippen LogP contribution in [0.4, 0.5) is 0 Å². The topological polar surface area (TPSA) is 199 Å². The molecule has 0 aromatic heterocycles. The van der Waals surface area contributed by atoms with Gasteiger partial charge in [0.25, 0.3) is 0 Å². The Morgan fingerprint density at radius 1 is 1.14 bits per heavy atom. The number of carboxylic acid groups (broad SMARTS) is 1. The summed E-state index contributed by atoms with van der Waals surface area (Å²) in [5.41, 5.74) is 0.137. The van der Waals surface area contributed by atoms with Crippen molar-refractivity contribution >= 4 is 17.9 Å². The number of hydrogen-bond acceptors (Lipinski definition) is 12. The van der Waals surface area contributed by atoms with E-state index in [2.05, 4.69) is 0 Å². The summed E-state index contributed by atoms with van der Waals surface area (Å²) in [6.45, 7) is 3.89. The molecule has 13 nitrogen and oxygen atoms in total. The van der Waals surface area contributed by atoms with E-state index in [0.717, 1.165) is 13.4 Å². The lowest BCUT2D eigenvalue weighted by molar-refractivity contribution is -0.344. The maximum absolute atomic E-state index is 12.4. The molecular formula is C22H32O13. The molecular weight excluding hydrogens is 472 g/mol. The number of esters is 2. The molecule has 0 unspecified atom stereocenters. The average Bonchev–Trinajstić information content (AvgIpc) is 2.82. The minimum Gasteiger partial charge on any atom is -0.481 e. The fraction of sp³-hybridized carbons (Fsp3) is 0.682. The summed E-state index contributed by atoms with van der Waals surface area (Å²) in [6.07, 6.45) is -8.69. The van der Waals surface area contributed by atoms with Crippen LogP contribution in [0.15, 0.2) is 23.5 Å². The monoisotopic (exact) mass is 504 g/mol. The summed E-state index contributed by atoms with van der Waals surface area (Å²) in [6, 6.07) is 0. The standard InChI is InChI=1S/C22H32O13/c1-5-9(2)19(29)33-10(3)15-11(6-14(24)25)12(20(30)31-4)8-32-21(15)35-22-18(28)17(27)16(26)13(7-23)34-22/h5,8,10-11,13,15-18,21-23,26-28H,6-7H2,1-4H3,(H,24,25)/b9-5+/t10-,11-,13-,15-,16-,17+,18-,21+,22+/m1/s1. The van der Waals surface area contributed by atoms with E-state index < -0.39 is 85.9 Å². The normalized spacial score (nSPS) is 34.3. The predicted molar refractivity (Wildman–Crippen MR) is 114 cm³/mol. The molecule has 0 aromatic rings. The van der Waals surface area contributed by atoms with Crippen molar-refractivity contribution in [1.29, 1.82) is 0 Å². The van der Waals surface area contributed by atoms with Crippen LogP contribution in [0.1, 0.15) is 27.2 Å². The molecule has 1 saturated heterocycles. The van der Waals surface area contributed by atoms with E-state index in [0.29, 0.717) is 0 Å². The van der Waals surface area contributed by atoms with Crippen LogP contribution in [0.25, 0.3) is 0 Å². The number of methoxy groups -OCH3 is 1. The van der Waals surface area contributed by atoms with Gasteiger partial charge < -0.3 is 49.2 Å². The number of rotatable bonds is 9. The third-order valence-corrected chi connectivity index (χ3v) is 6.03. The van der Waals surface area contributed by atoms with E-state index in [1.54, 1.807) is 6.92 Å². The highest BCUT2D eigenvalue weighted by atomic mass is 16.8. The third-order valence-electron chi connectivity index (χ3n) is 6.03. The lowest BCUT2D eigenvalue weighted by Gasteiger charge is -2.44. The maximum atomic E-state index is 12.4. The number of aliphatic hydroxyl groups is 4. The van der Waals surface area contributed by atoms with Crippen molar-refractivity contribution < 1.29 is 63.6 Å². The highest BCUT2D eigenvalue weighted by Gasteiger charge is 2.50. The van der Waals surface area contributed by atoms with Crippen molar-refractivity contribution in [2.24, 2.45) is 11.8 Å². The van der Waals surface area contributed by atoms with Gasteiger partial charge >= 0.3 is 17.9 Å². The Kier molecular flexibility index (Phi) is 10.2. The van der Waals surface area contributed by atoms with Crippen molar-refractivity contribution in [2.45, 2.75) is 70.3 Å². The van der Waals surface area contributed by atoms with Gasteiger partial charge in [0.15, 0.2) is 6.29 Å². The van der Waals surface area contributed by atoms with E-state index in [1.807, 2.05) is 0 Å². The molecule has 2 rings (SSSR count). The van der Waals surface area contributed by atoms with Crippen LogP contribution in [-0.4, -0.2) is 100 Å². The summed E-state index contributed by atoms with van der Waals surface area (Å²) >= 11 is 0. The zero-order chi connectivity index (χ0) is 26.4. The first-order valence-electron chi connectivity index (χ1n) is 10.9. The van der Waals surface area contributed by atoms with Crippen LogP contribution in [0.5, 0.6) is 0 Å². The summed E-state index contributed by atoms with van der Waals surface area (Å²) < 4.78 is 26.8. The molecule has 13 heteroatoms. The number of aliphatic hydroxyl groups excluding tert-OH is 4. The minimum atomic E-state index is -1.77. The molecule has 2 heterocycles. The molecule has 2 aliphatic rings. The molecule has 2 aliphatic heterocycles. The molecule has 0 radical (unpaired) electrons. The number of ether oxygens (including phenoxy) is 5. The fourth-order valence-electron chi connectivity index (χ4n) is 3.91. The van der Waals surface area contributed by atoms with Gasteiger partial charge in [-0.15, -0.1) is 0 Å². The van der Waals surface area contributed by atoms with Gasteiger partial charge in [-0.2, -0.15) is 0 Å². The Hall–Kier alpha value is -2.55. The first kappa shape index (κ1) is 28.7. The molecule has 0 saturated carbocycles. The zero-order valence-electron chi connectivity index (χ0n) is 19.8. The van der Waals surface area contributed by atoms with Gasteiger partial charge in [-0.1, -0.05) is 6.08 Å². The highest BCUT2D eigenvalue weighted by Crippen LogP contribution is 2.39. The molecule has 0 spiro atoms. The number of carbonyl (C=O) groups excluding carboxylic acids is 2. The summed E-state index contributed by atoms with van der Waals surface area (Å²) in [5.74, 6) is -5.07. The molecule has 0 aromatic carbocycles. The second-order valence-corrected chi connectivity index (χ2v) is 8.27. The molecule has 198 valence electrons. The lowest BCUT2D eigenvalue weighted by Crippen LogP contribution is -2.60. The molecule has 5 N–H and O–H groups in total. The fourth-order valence-corrected chi connectivity index (χ4v) is 3.91. The number of hydrogen-bond donors (Lipinski definition) is 5. The average molecular weight is 504 g/mol. The van der Waals surface area contributed by atoms with Crippen molar-refractivity contribution in [2.75, 3.05) is 13.7 Å². The first-order valence-corrected chi connectivity index (χ1v) is 10.9. The Morgan fingerprint density at radius 2 is 1.80 bits per heavy atom. The van der Waals surface area contributed by atoms with E-state index in [-0.39, 0.29) is 11.1 Å². The summed E-state index contributed by atoms with van der Waals surface area (Å²) in [4.78, 5) is 36.4. The van der Waals surface area contributed by atoms with Crippen LogP contribution >= 0.6 is 0 Å². The van der Waals surface area contributed by atoms with Crippen LogP contribution in [0, 0.1) is 11.8 Å². The Morgan fingerprint density at radius 3 is 2.34 bits per heavy atom. The Balaban J connectivity index is 2.44. The molecule has 9 atom stereocenters. The van der Waals surface area contributed by atoms with Gasteiger partial charge in [-0.25, -0.2) is 9.59 Å². The van der Waals surface area contributed by atoms with Gasteiger partial charge in [0.2, 0.25) is 6.29 Å². The number of carbonyl (C=O) groups is 3. The first-order chi connectivity index (χ1) is 16.5. The van der Waals surface area contributed by atoms with Crippen LogP contribution < -0.4 is 0 Å². The van der Waals surface area contributed by atoms with Crippen molar-refractivity contribution in [3.8, 4) is 0 Å². The smallest absolute Gasteiger partial charge is 0.337 e. The summed E-state index contributed by atoms with van der Waals surface area (Å²) in [7, 11) is 1.10. The van der Waals surface area contributed by atoms with E-state index in [4.69, 9.17) is 23.7 Å². The Labute approximate surface area is 201 Å². The van der Waals surface area contributed by atoms with Crippen LogP contribution in [0.2, 0.25) is 0 Å². The maximum Gasteiger partial charge on any atom is 0.337 e. The second-order valence-electron chi connectivity index (χ2n) is 8.27. The van der Waals surface area contributed by atoms with Gasteiger partial charge in [-0.3, -0.25) is 4.79 Å². The van der Waals surface area contributed by atoms with E-state index >= 15 is 0 Å². The van der Waals surface area contributed by atoms with Crippen LogP contribution in [-0.2, 0) is 38.1 Å². The van der Waals surface area contributed by atoms with Crippen molar-refractivity contribution in [3.05, 3.63) is 23.5 Å². The third kappa shape index (κ3) is 6.57. The van der Waals surface area contributed by atoms with Gasteiger partial charge in [0.05, 0.1) is 37.9 Å². The second kappa shape index (κ2) is 12.4. The molecule has 35 heavy (non-hydrogen) atoms. The molecule has 0 bridgehead atoms. The molecule has 0 amide bonds. The highest BCUT2D eigenvalue weighted by molar-refractivity contribution is 5.90. The largest absolute Gasteiger partial charge is 0.481 e. The quantitative estimate of drug-likeness (QED) is 0.186. The number of aliphatic carboxylic acids is 1. The predicted octanol–water partition coefficient (Wildman–Crippen LogP) is -1.18. The van der Waals surface area contributed by atoms with Gasteiger partial charge in [-0.05, 0) is 20.8 Å². The lowest BCUT2D eigenvalue weighted by atomic mass is 9.78. The van der Waals surface area contributed by atoms with Crippen molar-refractivity contribution in [1.82, 2.24) is 0 Å². The van der Waals surface area contributed by atoms with Gasteiger partial charge in [0, 0.05) is 11.5 Å². The van der Waals surface area contributed by atoms with Crippen molar-refractivity contribution in [3.63, 3.8) is 0 Å². The number of allylic oxidation sites excluding steroid dienone is 1. The minimum absolute atomic E-state index is 0.140. The van der Waals surface area contributed by atoms with Crippen LogP contribution in [0.3, 0.4) is 0 Å². The van der Waals surface area contributed by atoms with E-state index in [1.165, 1.54) is 19.9 Å². The summed E-state index contributed by atoms with van der Waals surface area (Å²) in [5, 5.41) is 49.3. The number of carboxylic acids is 1. The Bertz CT molecular complexity index is 835. The molecule has 0 aliphatic carbocycles. The van der Waals surface area contributed by atoms with Gasteiger partial charge in [0.1, 0.15) is 30.5 Å². The zero-order valence-corrected chi connectivity index (χ0v) is 19.8. The van der Waals surface area contributed by atoms with E-state index in [9.17, 15) is 39.9 Å². The SMILES string of the molecule is C/C=C(\C)C(=O)O[C@H](C)[C@H]1[C@H](O[C@@H]2O[C@H](CO)[C@@H](O)[C@H](O)[C@H]2O)OC=C(C(=O)OC)[C@H]1CC(=O)O. The molecule has 1 fully saturated rings.